The van der Waals surface area contributed by atoms with E-state index in [4.69, 9.17) is 0 Å². The number of carbonyl (C=O) groups excluding carboxylic acids is 1. The molecule has 0 spiro atoms. The van der Waals surface area contributed by atoms with Gasteiger partial charge in [-0.3, -0.25) is 4.79 Å². The largest absolute Gasteiger partial charge is 0.299 e. The maximum atomic E-state index is 12.3. The molecule has 0 aromatic carbocycles. The van der Waals surface area contributed by atoms with Crippen LogP contribution in [0.1, 0.15) is 60.8 Å². The lowest BCUT2D eigenvalue weighted by atomic mass is 9.58. The second-order valence-electron chi connectivity index (χ2n) is 6.48. The molecule has 0 saturated heterocycles. The van der Waals surface area contributed by atoms with Crippen molar-refractivity contribution in [3.63, 3.8) is 0 Å². The minimum absolute atomic E-state index is 0.0688. The van der Waals surface area contributed by atoms with Crippen molar-refractivity contribution in [3.8, 4) is 0 Å². The van der Waals surface area contributed by atoms with Crippen LogP contribution in [0.3, 0.4) is 0 Å². The molecule has 0 N–H and O–H groups in total. The molecule has 3 unspecified atom stereocenters. The lowest BCUT2D eigenvalue weighted by molar-refractivity contribution is -0.138. The fourth-order valence-corrected chi connectivity index (χ4v) is 3.18. The van der Waals surface area contributed by atoms with Gasteiger partial charge in [-0.2, -0.15) is 0 Å². The van der Waals surface area contributed by atoms with Crippen molar-refractivity contribution in [2.75, 3.05) is 0 Å². The fraction of sp³-hybridized carbons (Fsp3) is 0.933. The first-order valence-corrected chi connectivity index (χ1v) is 6.86. The molecule has 0 bridgehead atoms. The van der Waals surface area contributed by atoms with Crippen molar-refractivity contribution in [1.29, 1.82) is 0 Å². The Morgan fingerprint density at radius 3 is 2.25 bits per heavy atom. The highest BCUT2D eigenvalue weighted by molar-refractivity contribution is 5.85. The first-order valence-electron chi connectivity index (χ1n) is 6.86. The van der Waals surface area contributed by atoms with Gasteiger partial charge in [0.2, 0.25) is 0 Å². The summed E-state index contributed by atoms with van der Waals surface area (Å²) in [5.41, 5.74) is -0.0688. The highest BCUT2D eigenvalue weighted by Gasteiger charge is 2.45. The zero-order valence-corrected chi connectivity index (χ0v) is 11.8. The molecule has 0 aliphatic heterocycles. The average molecular weight is 224 g/mol. The first kappa shape index (κ1) is 13.7. The van der Waals surface area contributed by atoms with Gasteiger partial charge in [0.15, 0.2) is 0 Å². The summed E-state index contributed by atoms with van der Waals surface area (Å²) >= 11 is 0. The van der Waals surface area contributed by atoms with E-state index in [2.05, 4.69) is 41.5 Å². The van der Waals surface area contributed by atoms with E-state index in [0.717, 1.165) is 25.2 Å². The number of Topliss-reactive ketones (excluding diaryl/α,β-unsaturated/α-hetero) is 1. The maximum absolute atomic E-state index is 12.3. The van der Waals surface area contributed by atoms with Crippen molar-refractivity contribution in [2.45, 2.75) is 60.8 Å². The van der Waals surface area contributed by atoms with E-state index in [1.807, 2.05) is 0 Å². The molecule has 0 aromatic heterocycles. The molecule has 1 heteroatoms. The molecule has 1 aliphatic rings. The van der Waals surface area contributed by atoms with Gasteiger partial charge in [-0.25, -0.2) is 0 Å². The van der Waals surface area contributed by atoms with E-state index >= 15 is 0 Å². The third-order valence-corrected chi connectivity index (χ3v) is 5.00. The second kappa shape index (κ2) is 4.89. The van der Waals surface area contributed by atoms with Crippen LogP contribution in [0.15, 0.2) is 0 Å². The predicted molar refractivity (Wildman–Crippen MR) is 69.3 cm³/mol. The van der Waals surface area contributed by atoms with Gasteiger partial charge in [-0.05, 0) is 30.1 Å². The first-order chi connectivity index (χ1) is 7.32. The molecule has 0 amide bonds. The molecule has 1 fully saturated rings. The number of hydrogen-bond donors (Lipinski definition) is 0. The van der Waals surface area contributed by atoms with Crippen LogP contribution in [0.2, 0.25) is 0 Å². The lowest BCUT2D eigenvalue weighted by Crippen LogP contribution is -2.44. The minimum Gasteiger partial charge on any atom is -0.299 e. The number of rotatable bonds is 3. The molecular formula is C15H28O. The van der Waals surface area contributed by atoms with Gasteiger partial charge in [-0.1, -0.05) is 48.0 Å². The summed E-state index contributed by atoms with van der Waals surface area (Å²) in [6.45, 7) is 13.4. The Hall–Kier alpha value is -0.330. The van der Waals surface area contributed by atoms with Crippen molar-refractivity contribution >= 4 is 5.78 Å². The molecule has 1 saturated carbocycles. The van der Waals surface area contributed by atoms with E-state index in [9.17, 15) is 4.79 Å². The molecule has 1 rings (SSSR count). The molecular weight excluding hydrogens is 196 g/mol. The highest BCUT2D eigenvalue weighted by Crippen LogP contribution is 2.47. The van der Waals surface area contributed by atoms with Gasteiger partial charge < -0.3 is 0 Å². The molecule has 94 valence electrons. The average Bonchev–Trinajstić information content (AvgIpc) is 2.20. The van der Waals surface area contributed by atoms with Crippen LogP contribution in [0.25, 0.3) is 0 Å². The number of carbonyl (C=O) groups is 1. The lowest BCUT2D eigenvalue weighted by Gasteiger charge is -2.45. The van der Waals surface area contributed by atoms with Crippen molar-refractivity contribution in [3.05, 3.63) is 0 Å². The van der Waals surface area contributed by atoms with Gasteiger partial charge in [0.1, 0.15) is 5.78 Å². The molecule has 0 radical (unpaired) electrons. The minimum atomic E-state index is -0.0688. The van der Waals surface area contributed by atoms with Crippen LogP contribution in [0.5, 0.6) is 0 Å². The summed E-state index contributed by atoms with van der Waals surface area (Å²) < 4.78 is 0. The zero-order valence-electron chi connectivity index (χ0n) is 11.8. The molecule has 3 atom stereocenters. The SMILES string of the molecule is CCC1CC(=O)C(C)(C(C)C)CC1C(C)C. The van der Waals surface area contributed by atoms with Crippen LogP contribution >= 0.6 is 0 Å². The van der Waals surface area contributed by atoms with Crippen LogP contribution in [0.4, 0.5) is 0 Å². The Morgan fingerprint density at radius 2 is 1.88 bits per heavy atom. The van der Waals surface area contributed by atoms with E-state index < -0.39 is 0 Å². The number of ketones is 1. The van der Waals surface area contributed by atoms with Gasteiger partial charge in [-0.15, -0.1) is 0 Å². The standard InChI is InChI=1S/C15H28O/c1-7-12-8-14(16)15(6,11(4)5)9-13(12)10(2)3/h10-13H,7-9H2,1-6H3. The second-order valence-corrected chi connectivity index (χ2v) is 6.48. The highest BCUT2D eigenvalue weighted by atomic mass is 16.1. The maximum Gasteiger partial charge on any atom is 0.139 e. The number of hydrogen-bond acceptors (Lipinski definition) is 1. The van der Waals surface area contributed by atoms with Gasteiger partial charge in [0.25, 0.3) is 0 Å². The Labute approximate surface area is 101 Å². The van der Waals surface area contributed by atoms with Gasteiger partial charge in [0, 0.05) is 11.8 Å². The monoisotopic (exact) mass is 224 g/mol. The van der Waals surface area contributed by atoms with Gasteiger partial charge >= 0.3 is 0 Å². The Balaban J connectivity index is 2.92. The Kier molecular flexibility index (Phi) is 4.20. The quantitative estimate of drug-likeness (QED) is 0.698. The molecule has 16 heavy (non-hydrogen) atoms. The summed E-state index contributed by atoms with van der Waals surface area (Å²) in [5, 5.41) is 0. The molecule has 1 aliphatic carbocycles. The molecule has 0 aromatic rings. The summed E-state index contributed by atoms with van der Waals surface area (Å²) in [5.74, 6) is 3.04. The molecule has 0 heterocycles. The fourth-order valence-electron chi connectivity index (χ4n) is 3.18. The van der Waals surface area contributed by atoms with E-state index in [1.54, 1.807) is 0 Å². The Bertz CT molecular complexity index is 254. The topological polar surface area (TPSA) is 17.1 Å². The van der Waals surface area contributed by atoms with E-state index in [0.29, 0.717) is 23.5 Å². The van der Waals surface area contributed by atoms with Crippen LogP contribution in [0, 0.1) is 29.1 Å². The van der Waals surface area contributed by atoms with Crippen LogP contribution < -0.4 is 0 Å². The summed E-state index contributed by atoms with van der Waals surface area (Å²) in [7, 11) is 0. The van der Waals surface area contributed by atoms with Crippen LogP contribution in [-0.2, 0) is 4.79 Å². The Morgan fingerprint density at radius 1 is 1.31 bits per heavy atom. The molecule has 1 nitrogen and oxygen atoms in total. The summed E-state index contributed by atoms with van der Waals surface area (Å²) in [4.78, 5) is 12.3. The van der Waals surface area contributed by atoms with E-state index in [1.165, 1.54) is 0 Å². The van der Waals surface area contributed by atoms with Crippen LogP contribution in [-0.4, -0.2) is 5.78 Å². The van der Waals surface area contributed by atoms with E-state index in [-0.39, 0.29) is 5.41 Å². The normalized spacial score (nSPS) is 36.1. The van der Waals surface area contributed by atoms with Crippen molar-refractivity contribution in [1.82, 2.24) is 0 Å². The zero-order chi connectivity index (χ0) is 12.5. The third-order valence-electron chi connectivity index (χ3n) is 5.00. The predicted octanol–water partition coefficient (Wildman–Crippen LogP) is 4.31. The third kappa shape index (κ3) is 2.33. The summed E-state index contributed by atoms with van der Waals surface area (Å²) in [6, 6.07) is 0. The smallest absolute Gasteiger partial charge is 0.139 e. The summed E-state index contributed by atoms with van der Waals surface area (Å²) in [6.07, 6.45) is 3.07. The van der Waals surface area contributed by atoms with Crippen molar-refractivity contribution < 1.29 is 4.79 Å². The van der Waals surface area contributed by atoms with Gasteiger partial charge in [0.05, 0.1) is 0 Å². The van der Waals surface area contributed by atoms with Crippen molar-refractivity contribution in [2.24, 2.45) is 29.1 Å².